The predicted octanol–water partition coefficient (Wildman–Crippen LogP) is 6.07. The van der Waals surface area contributed by atoms with Gasteiger partial charge < -0.3 is 15.3 Å². The van der Waals surface area contributed by atoms with Gasteiger partial charge in [0, 0.05) is 30.9 Å². The maximum absolute atomic E-state index is 13.1. The van der Waals surface area contributed by atoms with Crippen molar-refractivity contribution in [1.82, 2.24) is 5.32 Å². The van der Waals surface area contributed by atoms with Gasteiger partial charge >= 0.3 is 5.97 Å². The number of aromatic carboxylic acids is 1. The summed E-state index contributed by atoms with van der Waals surface area (Å²) in [6.45, 7) is 1.99. The lowest BCUT2D eigenvalue weighted by atomic mass is 9.97. The molecule has 0 atom stereocenters. The number of nitrogens with one attached hydrogen (secondary N) is 1. The summed E-state index contributed by atoms with van der Waals surface area (Å²) in [6.07, 6.45) is 1.91. The summed E-state index contributed by atoms with van der Waals surface area (Å²) in [5.74, 6) is -1.39. The molecule has 0 saturated carbocycles. The molecule has 5 nitrogen and oxygen atoms in total. The van der Waals surface area contributed by atoms with Gasteiger partial charge in [-0.1, -0.05) is 54.6 Å². The Morgan fingerprint density at radius 1 is 0.892 bits per heavy atom. The summed E-state index contributed by atoms with van der Waals surface area (Å²) < 4.78 is 13.1. The van der Waals surface area contributed by atoms with Crippen molar-refractivity contribution in [2.45, 2.75) is 25.9 Å². The van der Waals surface area contributed by atoms with Crippen LogP contribution in [0.5, 0.6) is 0 Å². The van der Waals surface area contributed by atoms with Crippen LogP contribution in [0.25, 0.3) is 11.1 Å². The first-order valence-corrected chi connectivity index (χ1v) is 12.3. The SMILES string of the molecule is O=C(NCc1ccc(F)cc1)c1ccc2c(c1)CCCN2Cc1ccc(-c2ccccc2C(=O)O)cc1. The summed E-state index contributed by atoms with van der Waals surface area (Å²) in [6, 6.07) is 27.0. The molecule has 4 aromatic carbocycles. The Bertz CT molecular complexity index is 1430. The maximum atomic E-state index is 13.1. The molecule has 0 bridgehead atoms. The van der Waals surface area contributed by atoms with Crippen LogP contribution in [-0.4, -0.2) is 23.5 Å². The van der Waals surface area contributed by atoms with E-state index in [1.165, 1.54) is 12.1 Å². The number of amides is 1. The topological polar surface area (TPSA) is 69.6 Å². The summed E-state index contributed by atoms with van der Waals surface area (Å²) >= 11 is 0. The van der Waals surface area contributed by atoms with Gasteiger partial charge in [-0.2, -0.15) is 0 Å². The van der Waals surface area contributed by atoms with Crippen molar-refractivity contribution in [3.8, 4) is 11.1 Å². The Hall–Kier alpha value is -4.45. The molecule has 0 saturated heterocycles. The minimum atomic E-state index is -0.937. The van der Waals surface area contributed by atoms with Crippen molar-refractivity contribution in [1.29, 1.82) is 0 Å². The molecule has 5 rings (SSSR count). The largest absolute Gasteiger partial charge is 0.478 e. The molecule has 0 radical (unpaired) electrons. The first-order chi connectivity index (χ1) is 18.0. The number of fused-ring (bicyclic) bond motifs is 1. The van der Waals surface area contributed by atoms with E-state index in [0.717, 1.165) is 53.9 Å². The highest BCUT2D eigenvalue weighted by atomic mass is 19.1. The lowest BCUT2D eigenvalue weighted by Gasteiger charge is -2.31. The Labute approximate surface area is 215 Å². The van der Waals surface area contributed by atoms with Crippen LogP contribution in [0, 0.1) is 5.82 Å². The molecule has 0 aliphatic carbocycles. The second-order valence-corrected chi connectivity index (χ2v) is 9.23. The van der Waals surface area contributed by atoms with Crippen molar-refractivity contribution in [3.05, 3.63) is 125 Å². The van der Waals surface area contributed by atoms with Crippen LogP contribution in [0.1, 0.15) is 43.8 Å². The number of halogens is 1. The number of aryl methyl sites for hydroxylation is 1. The maximum Gasteiger partial charge on any atom is 0.336 e. The fraction of sp³-hybridized carbons (Fsp3) is 0.161. The standard InChI is InChI=1S/C31H27FN2O3/c32-26-14-9-21(10-15-26)19-33-30(35)25-13-16-29-24(18-25)4-3-17-34(29)20-22-7-11-23(12-8-22)27-5-1-2-6-28(27)31(36)37/h1-2,5-16,18H,3-4,17,19-20H2,(H,33,35)(H,36,37). The number of carbonyl (C=O) groups excluding carboxylic acids is 1. The second-order valence-electron chi connectivity index (χ2n) is 9.23. The van der Waals surface area contributed by atoms with Crippen LogP contribution < -0.4 is 10.2 Å². The molecule has 37 heavy (non-hydrogen) atoms. The van der Waals surface area contributed by atoms with Crippen LogP contribution in [0.2, 0.25) is 0 Å². The van der Waals surface area contributed by atoms with E-state index in [1.54, 1.807) is 24.3 Å². The van der Waals surface area contributed by atoms with Gasteiger partial charge in [0.05, 0.1) is 5.56 Å². The zero-order valence-electron chi connectivity index (χ0n) is 20.3. The van der Waals surface area contributed by atoms with Crippen molar-refractivity contribution in [2.24, 2.45) is 0 Å². The van der Waals surface area contributed by atoms with E-state index in [4.69, 9.17) is 0 Å². The highest BCUT2D eigenvalue weighted by molar-refractivity contribution is 5.96. The molecule has 0 fully saturated rings. The van der Waals surface area contributed by atoms with Crippen LogP contribution in [0.4, 0.5) is 10.1 Å². The number of nitrogens with zero attached hydrogens (tertiary/aromatic N) is 1. The molecule has 0 unspecified atom stereocenters. The van der Waals surface area contributed by atoms with E-state index < -0.39 is 5.97 Å². The number of rotatable bonds is 7. The second kappa shape index (κ2) is 10.7. The lowest BCUT2D eigenvalue weighted by Crippen LogP contribution is -2.29. The summed E-state index contributed by atoms with van der Waals surface area (Å²) in [5.41, 5.74) is 6.73. The third-order valence-electron chi connectivity index (χ3n) is 6.72. The van der Waals surface area contributed by atoms with Gasteiger partial charge in [0.25, 0.3) is 5.91 Å². The molecular weight excluding hydrogens is 467 g/mol. The molecule has 1 aliphatic heterocycles. The average Bonchev–Trinajstić information content (AvgIpc) is 2.93. The Kier molecular flexibility index (Phi) is 6.99. The summed E-state index contributed by atoms with van der Waals surface area (Å²) in [4.78, 5) is 26.6. The normalized spacial score (nSPS) is 12.6. The van der Waals surface area contributed by atoms with Gasteiger partial charge in [0.1, 0.15) is 5.82 Å². The van der Waals surface area contributed by atoms with Crippen molar-refractivity contribution >= 4 is 17.6 Å². The highest BCUT2D eigenvalue weighted by Crippen LogP contribution is 2.30. The number of anilines is 1. The smallest absolute Gasteiger partial charge is 0.336 e. The van der Waals surface area contributed by atoms with Crippen molar-refractivity contribution in [2.75, 3.05) is 11.4 Å². The lowest BCUT2D eigenvalue weighted by molar-refractivity contribution is 0.0697. The molecule has 1 amide bonds. The summed E-state index contributed by atoms with van der Waals surface area (Å²) in [7, 11) is 0. The molecule has 0 aromatic heterocycles. The fourth-order valence-corrected chi connectivity index (χ4v) is 4.80. The monoisotopic (exact) mass is 494 g/mol. The van der Waals surface area contributed by atoms with Gasteiger partial charge in [-0.3, -0.25) is 4.79 Å². The van der Waals surface area contributed by atoms with Crippen LogP contribution in [-0.2, 0) is 19.5 Å². The molecule has 186 valence electrons. The predicted molar refractivity (Wildman–Crippen MR) is 142 cm³/mol. The van der Waals surface area contributed by atoms with Crippen molar-refractivity contribution in [3.63, 3.8) is 0 Å². The first kappa shape index (κ1) is 24.3. The number of carboxylic acid groups (broad SMARTS) is 1. The van der Waals surface area contributed by atoms with Crippen LogP contribution >= 0.6 is 0 Å². The zero-order chi connectivity index (χ0) is 25.8. The van der Waals surface area contributed by atoms with E-state index in [-0.39, 0.29) is 17.3 Å². The Balaban J connectivity index is 1.27. The minimum absolute atomic E-state index is 0.151. The zero-order valence-corrected chi connectivity index (χ0v) is 20.3. The third kappa shape index (κ3) is 5.54. The molecule has 6 heteroatoms. The van der Waals surface area contributed by atoms with Gasteiger partial charge in [0.15, 0.2) is 0 Å². The number of hydrogen-bond acceptors (Lipinski definition) is 3. The number of carbonyl (C=O) groups is 2. The minimum Gasteiger partial charge on any atom is -0.478 e. The van der Waals surface area contributed by atoms with Crippen LogP contribution in [0.15, 0.2) is 91.0 Å². The van der Waals surface area contributed by atoms with E-state index in [9.17, 15) is 19.1 Å². The summed E-state index contributed by atoms with van der Waals surface area (Å²) in [5, 5.41) is 12.4. The van der Waals surface area contributed by atoms with Gasteiger partial charge in [-0.25, -0.2) is 9.18 Å². The van der Waals surface area contributed by atoms with Gasteiger partial charge in [0.2, 0.25) is 0 Å². The molecule has 2 N–H and O–H groups in total. The van der Waals surface area contributed by atoms with Crippen LogP contribution in [0.3, 0.4) is 0 Å². The van der Waals surface area contributed by atoms with Gasteiger partial charge in [-0.05, 0) is 77.1 Å². The quantitative estimate of drug-likeness (QED) is 0.327. The van der Waals surface area contributed by atoms with Gasteiger partial charge in [-0.15, -0.1) is 0 Å². The number of carboxylic acids is 1. The average molecular weight is 495 g/mol. The van der Waals surface area contributed by atoms with E-state index in [0.29, 0.717) is 17.7 Å². The van der Waals surface area contributed by atoms with E-state index >= 15 is 0 Å². The molecule has 1 aliphatic rings. The molecular formula is C31H27FN2O3. The number of benzene rings is 4. The first-order valence-electron chi connectivity index (χ1n) is 12.3. The fourth-order valence-electron chi connectivity index (χ4n) is 4.80. The molecule has 0 spiro atoms. The van der Waals surface area contributed by atoms with E-state index in [1.807, 2.05) is 54.6 Å². The molecule has 1 heterocycles. The molecule has 4 aromatic rings. The third-order valence-corrected chi connectivity index (χ3v) is 6.72. The van der Waals surface area contributed by atoms with E-state index in [2.05, 4.69) is 10.2 Å². The van der Waals surface area contributed by atoms with Crippen molar-refractivity contribution < 1.29 is 19.1 Å². The Morgan fingerprint density at radius 2 is 1.62 bits per heavy atom. The highest BCUT2D eigenvalue weighted by Gasteiger charge is 2.19. The number of hydrogen-bond donors (Lipinski definition) is 2. The Morgan fingerprint density at radius 3 is 2.38 bits per heavy atom.